The Kier molecular flexibility index (Phi) is 7.83. The Balaban J connectivity index is 1.35. The summed E-state index contributed by atoms with van der Waals surface area (Å²) < 4.78 is 5.78. The first-order chi connectivity index (χ1) is 16.5. The predicted molar refractivity (Wildman–Crippen MR) is 133 cm³/mol. The molecule has 3 heterocycles. The first-order valence-corrected chi connectivity index (χ1v) is 12.1. The van der Waals surface area contributed by atoms with E-state index in [2.05, 4.69) is 75.0 Å². The van der Waals surface area contributed by atoms with E-state index < -0.39 is 0 Å². The zero-order valence-corrected chi connectivity index (χ0v) is 20.6. The summed E-state index contributed by atoms with van der Waals surface area (Å²) in [6.07, 6.45) is 6.35. The van der Waals surface area contributed by atoms with Gasteiger partial charge in [0.1, 0.15) is 17.6 Å². The number of methoxy groups -OCH3 is 1. The van der Waals surface area contributed by atoms with Crippen LogP contribution in [0.2, 0.25) is 0 Å². The number of anilines is 2. The van der Waals surface area contributed by atoms with Gasteiger partial charge in [0.2, 0.25) is 0 Å². The fourth-order valence-corrected chi connectivity index (χ4v) is 4.86. The van der Waals surface area contributed by atoms with Gasteiger partial charge in [-0.2, -0.15) is 5.26 Å². The lowest BCUT2D eigenvalue weighted by Gasteiger charge is -2.36. The smallest absolute Gasteiger partial charge is 0.158 e. The monoisotopic (exact) mass is 464 g/mol. The number of ether oxygens (including phenoxy) is 1. The van der Waals surface area contributed by atoms with Gasteiger partial charge in [0.05, 0.1) is 31.7 Å². The number of aromatic nitrogens is 2. The normalized spacial score (nSPS) is 21.4. The van der Waals surface area contributed by atoms with Gasteiger partial charge in [-0.25, -0.2) is 20.8 Å². The number of piperidine rings is 1. The van der Waals surface area contributed by atoms with Crippen molar-refractivity contribution in [1.82, 2.24) is 25.7 Å². The van der Waals surface area contributed by atoms with Crippen molar-refractivity contribution in [3.8, 4) is 11.8 Å². The van der Waals surface area contributed by atoms with Crippen LogP contribution in [0.4, 0.5) is 11.5 Å². The van der Waals surface area contributed by atoms with Crippen molar-refractivity contribution >= 4 is 11.5 Å². The van der Waals surface area contributed by atoms with Gasteiger partial charge in [0.25, 0.3) is 0 Å². The molecular weight excluding hydrogens is 428 g/mol. The molecule has 0 aliphatic carbocycles. The minimum atomic E-state index is -0.0176. The van der Waals surface area contributed by atoms with Crippen LogP contribution in [0, 0.1) is 17.2 Å². The molecule has 4 rings (SSSR count). The van der Waals surface area contributed by atoms with Crippen LogP contribution in [0.25, 0.3) is 0 Å². The van der Waals surface area contributed by atoms with Crippen molar-refractivity contribution in [3.05, 3.63) is 41.9 Å². The van der Waals surface area contributed by atoms with E-state index in [1.54, 1.807) is 13.3 Å². The lowest BCUT2D eigenvalue weighted by Crippen LogP contribution is -2.41. The van der Waals surface area contributed by atoms with Gasteiger partial charge in [-0.3, -0.25) is 0 Å². The van der Waals surface area contributed by atoms with Gasteiger partial charge in [0.15, 0.2) is 5.69 Å². The zero-order valence-electron chi connectivity index (χ0n) is 20.6. The summed E-state index contributed by atoms with van der Waals surface area (Å²) in [5, 5.41) is 12.2. The number of rotatable bonds is 8. The molecule has 2 aromatic rings. The summed E-state index contributed by atoms with van der Waals surface area (Å²) in [4.78, 5) is 13.2. The molecule has 0 amide bonds. The summed E-state index contributed by atoms with van der Waals surface area (Å²) in [5.41, 5.74) is 9.23. The number of likely N-dealkylation sites (tertiary alicyclic amines) is 1. The molecule has 0 bridgehead atoms. The first kappa shape index (κ1) is 24.2. The molecular formula is C25H36N8O. The van der Waals surface area contributed by atoms with Crippen LogP contribution in [0.15, 0.2) is 30.6 Å². The van der Waals surface area contributed by atoms with Crippen molar-refractivity contribution < 1.29 is 4.74 Å². The maximum Gasteiger partial charge on any atom is 0.158 e. The summed E-state index contributed by atoms with van der Waals surface area (Å²) in [7, 11) is 3.91. The quantitative estimate of drug-likeness (QED) is 0.544. The average molecular weight is 465 g/mol. The Morgan fingerprint density at radius 3 is 2.68 bits per heavy atom. The average Bonchev–Trinajstić information content (AvgIpc) is 3.32. The topological polar surface area (TPSA) is 101 Å². The molecule has 2 unspecified atom stereocenters. The van der Waals surface area contributed by atoms with E-state index >= 15 is 0 Å². The molecule has 2 fully saturated rings. The molecule has 1 aromatic heterocycles. The Hall–Kier alpha value is -2.93. The van der Waals surface area contributed by atoms with E-state index in [0.29, 0.717) is 17.6 Å². The molecule has 0 radical (unpaired) electrons. The molecule has 2 saturated heterocycles. The summed E-state index contributed by atoms with van der Waals surface area (Å²) >= 11 is 0. The second-order valence-corrected chi connectivity index (χ2v) is 9.55. The van der Waals surface area contributed by atoms with E-state index in [9.17, 15) is 0 Å². The second kappa shape index (κ2) is 11.0. The minimum Gasteiger partial charge on any atom is -0.496 e. The third-order valence-electron chi connectivity index (χ3n) is 6.94. The molecule has 2 atom stereocenters. The van der Waals surface area contributed by atoms with E-state index in [1.165, 1.54) is 37.8 Å². The van der Waals surface area contributed by atoms with Crippen LogP contribution < -0.4 is 25.8 Å². The van der Waals surface area contributed by atoms with Gasteiger partial charge in [0, 0.05) is 43.4 Å². The largest absolute Gasteiger partial charge is 0.496 e. The Morgan fingerprint density at radius 1 is 1.24 bits per heavy atom. The van der Waals surface area contributed by atoms with Crippen molar-refractivity contribution in [3.63, 3.8) is 0 Å². The maximum atomic E-state index is 8.87. The van der Waals surface area contributed by atoms with E-state index in [4.69, 9.17) is 10.00 Å². The molecule has 34 heavy (non-hydrogen) atoms. The Morgan fingerprint density at radius 2 is 2.03 bits per heavy atom. The van der Waals surface area contributed by atoms with Gasteiger partial charge in [-0.15, -0.1) is 0 Å². The highest BCUT2D eigenvalue weighted by Crippen LogP contribution is 2.34. The number of benzene rings is 1. The highest BCUT2D eigenvalue weighted by atomic mass is 16.5. The molecule has 0 spiro atoms. The lowest BCUT2D eigenvalue weighted by atomic mass is 9.95. The van der Waals surface area contributed by atoms with E-state index in [-0.39, 0.29) is 12.2 Å². The van der Waals surface area contributed by atoms with Gasteiger partial charge in [-0.1, -0.05) is 6.07 Å². The molecule has 2 aliphatic rings. The summed E-state index contributed by atoms with van der Waals surface area (Å²) in [6, 6.07) is 9.21. The first-order valence-electron chi connectivity index (χ1n) is 12.1. The summed E-state index contributed by atoms with van der Waals surface area (Å²) in [6.45, 7) is 8.03. The predicted octanol–water partition coefficient (Wildman–Crippen LogP) is 2.89. The highest BCUT2D eigenvalue weighted by molar-refractivity contribution is 5.54. The van der Waals surface area contributed by atoms with Crippen molar-refractivity contribution in [1.29, 1.82) is 5.26 Å². The number of nitriles is 1. The van der Waals surface area contributed by atoms with Crippen LogP contribution in [0.1, 0.15) is 50.4 Å². The van der Waals surface area contributed by atoms with Crippen molar-refractivity contribution in [2.75, 3.05) is 44.0 Å². The number of hydrazine groups is 1. The van der Waals surface area contributed by atoms with Crippen molar-refractivity contribution in [2.24, 2.45) is 5.92 Å². The standard InChI is InChI=1S/C25H36N8O/c1-17(2)33-9-7-18(8-10-33)16-32(3)20-5-6-21(23(11-20)34-4)22-12-24(31-30-22)29-25-15-27-19(13-26)14-28-25/h5-6,11,14-15,17-18,22,24,30-31H,7-10,12,16H2,1-4H3,(H,28,29). The number of hydrogen-bond donors (Lipinski definition) is 3. The van der Waals surface area contributed by atoms with E-state index in [0.717, 1.165) is 30.2 Å². The zero-order chi connectivity index (χ0) is 24.1. The SMILES string of the molecule is COc1cc(N(C)CC2CCN(C(C)C)CC2)ccc1C1CC(Nc2cnc(C#N)cn2)NN1. The fourth-order valence-electron chi connectivity index (χ4n) is 4.86. The molecule has 0 saturated carbocycles. The van der Waals surface area contributed by atoms with Crippen LogP contribution >= 0.6 is 0 Å². The van der Waals surface area contributed by atoms with Crippen LogP contribution in [0.3, 0.4) is 0 Å². The van der Waals surface area contributed by atoms with Gasteiger partial charge >= 0.3 is 0 Å². The minimum absolute atomic E-state index is 0.0176. The van der Waals surface area contributed by atoms with Crippen LogP contribution in [-0.4, -0.2) is 60.9 Å². The molecule has 1 aromatic carbocycles. The highest BCUT2D eigenvalue weighted by Gasteiger charge is 2.28. The summed E-state index contributed by atoms with van der Waals surface area (Å²) in [5.74, 6) is 2.24. The molecule has 9 nitrogen and oxygen atoms in total. The maximum absolute atomic E-state index is 8.87. The molecule has 182 valence electrons. The molecule has 9 heteroatoms. The fraction of sp³-hybridized carbons (Fsp3) is 0.560. The van der Waals surface area contributed by atoms with Crippen molar-refractivity contribution in [2.45, 2.75) is 51.4 Å². The number of nitrogens with one attached hydrogen (secondary N) is 3. The van der Waals surface area contributed by atoms with Crippen LogP contribution in [0.5, 0.6) is 5.75 Å². The molecule has 3 N–H and O–H groups in total. The number of nitrogens with zero attached hydrogens (tertiary/aromatic N) is 5. The Labute approximate surface area is 202 Å². The van der Waals surface area contributed by atoms with E-state index in [1.807, 2.05) is 6.07 Å². The van der Waals surface area contributed by atoms with Gasteiger partial charge in [-0.05, 0) is 51.8 Å². The van der Waals surface area contributed by atoms with Gasteiger partial charge < -0.3 is 19.9 Å². The third-order valence-corrected chi connectivity index (χ3v) is 6.94. The number of hydrogen-bond acceptors (Lipinski definition) is 9. The molecule has 2 aliphatic heterocycles. The van der Waals surface area contributed by atoms with Crippen LogP contribution in [-0.2, 0) is 0 Å². The third kappa shape index (κ3) is 5.76. The second-order valence-electron chi connectivity index (χ2n) is 9.55. The Bertz CT molecular complexity index is 981. The lowest BCUT2D eigenvalue weighted by molar-refractivity contribution is 0.151.